The summed E-state index contributed by atoms with van der Waals surface area (Å²) in [5, 5.41) is 11.7. The van der Waals surface area contributed by atoms with E-state index in [1.165, 1.54) is 6.08 Å². The molecule has 76 valence electrons. The van der Waals surface area contributed by atoms with Gasteiger partial charge in [0.1, 0.15) is 0 Å². The van der Waals surface area contributed by atoms with Crippen LogP contribution in [0.1, 0.15) is 27.7 Å². The van der Waals surface area contributed by atoms with E-state index < -0.39 is 5.97 Å². The Labute approximate surface area is 79.8 Å². The van der Waals surface area contributed by atoms with Gasteiger partial charge in [-0.25, -0.2) is 4.79 Å². The fourth-order valence-electron chi connectivity index (χ4n) is 0.819. The van der Waals surface area contributed by atoms with Crippen LogP contribution in [0, 0.1) is 5.92 Å². The summed E-state index contributed by atoms with van der Waals surface area (Å²) >= 11 is 0. The molecule has 0 spiro atoms. The van der Waals surface area contributed by atoms with Crippen LogP contribution in [-0.2, 0) is 4.79 Å². The van der Waals surface area contributed by atoms with Crippen LogP contribution >= 0.6 is 0 Å². The molecule has 3 nitrogen and oxygen atoms in total. The molecule has 0 aromatic heterocycles. The molecule has 0 radical (unpaired) electrons. The fourth-order valence-corrected chi connectivity index (χ4v) is 0.819. The van der Waals surface area contributed by atoms with Crippen molar-refractivity contribution in [1.82, 2.24) is 5.32 Å². The minimum Gasteiger partial charge on any atom is -0.478 e. The van der Waals surface area contributed by atoms with E-state index in [0.29, 0.717) is 18.5 Å². The van der Waals surface area contributed by atoms with Gasteiger partial charge in [-0.1, -0.05) is 19.4 Å². The number of carboxylic acids is 1. The molecule has 0 aliphatic carbocycles. The molecule has 0 fully saturated rings. The largest absolute Gasteiger partial charge is 0.478 e. The minimum atomic E-state index is -0.878. The summed E-state index contributed by atoms with van der Waals surface area (Å²) in [5.74, 6) is -0.311. The molecule has 1 unspecified atom stereocenters. The Hall–Kier alpha value is -0.830. The molecule has 2 N–H and O–H groups in total. The van der Waals surface area contributed by atoms with Crippen LogP contribution in [0.3, 0.4) is 0 Å². The van der Waals surface area contributed by atoms with Gasteiger partial charge in [-0.15, -0.1) is 0 Å². The highest BCUT2D eigenvalue weighted by atomic mass is 16.4. The first-order valence-corrected chi connectivity index (χ1v) is 4.57. The Kier molecular flexibility index (Phi) is 5.39. The highest BCUT2D eigenvalue weighted by molar-refractivity contribution is 5.80. The van der Waals surface area contributed by atoms with E-state index >= 15 is 0 Å². The van der Waals surface area contributed by atoms with E-state index in [2.05, 4.69) is 26.1 Å². The summed E-state index contributed by atoms with van der Waals surface area (Å²) < 4.78 is 0. The maximum atomic E-state index is 10.3. The highest BCUT2D eigenvalue weighted by Crippen LogP contribution is 2.00. The Morgan fingerprint density at radius 1 is 1.46 bits per heavy atom. The third kappa shape index (κ3) is 6.34. The van der Waals surface area contributed by atoms with Crippen molar-refractivity contribution in [3.63, 3.8) is 0 Å². The normalized spacial score (nSPS) is 14.7. The lowest BCUT2D eigenvalue weighted by molar-refractivity contribution is -0.131. The summed E-state index contributed by atoms with van der Waals surface area (Å²) in [6, 6.07) is 0.414. The van der Waals surface area contributed by atoms with Crippen molar-refractivity contribution in [2.75, 3.05) is 6.54 Å². The third-order valence-corrected chi connectivity index (χ3v) is 2.07. The first-order chi connectivity index (χ1) is 5.93. The van der Waals surface area contributed by atoms with Gasteiger partial charge in [-0.3, -0.25) is 0 Å². The SMILES string of the molecule is CC(=CC(=O)O)CNC(C)C(C)C. The Bertz CT molecular complexity index is 197. The summed E-state index contributed by atoms with van der Waals surface area (Å²) in [4.78, 5) is 10.3. The molecule has 0 amide bonds. The second-order valence-electron chi connectivity index (χ2n) is 3.74. The Balaban J connectivity index is 3.82. The summed E-state index contributed by atoms with van der Waals surface area (Å²) in [6.07, 6.45) is 1.24. The van der Waals surface area contributed by atoms with Gasteiger partial charge in [-0.2, -0.15) is 0 Å². The second-order valence-corrected chi connectivity index (χ2v) is 3.74. The molecule has 1 atom stereocenters. The summed E-state index contributed by atoms with van der Waals surface area (Å²) in [5.41, 5.74) is 0.847. The zero-order valence-corrected chi connectivity index (χ0v) is 8.79. The first-order valence-electron chi connectivity index (χ1n) is 4.57. The Morgan fingerprint density at radius 3 is 2.38 bits per heavy atom. The van der Waals surface area contributed by atoms with Crippen molar-refractivity contribution in [3.8, 4) is 0 Å². The highest BCUT2D eigenvalue weighted by Gasteiger charge is 2.05. The topological polar surface area (TPSA) is 49.3 Å². The quantitative estimate of drug-likeness (QED) is 0.640. The number of aliphatic carboxylic acids is 1. The van der Waals surface area contributed by atoms with Crippen molar-refractivity contribution in [3.05, 3.63) is 11.6 Å². The van der Waals surface area contributed by atoms with Gasteiger partial charge in [0.05, 0.1) is 0 Å². The standard InChI is InChI=1S/C10H19NO2/c1-7(2)9(4)11-6-8(3)5-10(12)13/h5,7,9,11H,6H2,1-4H3,(H,12,13). The molecule has 0 bridgehead atoms. The molecule has 0 heterocycles. The van der Waals surface area contributed by atoms with E-state index in [9.17, 15) is 4.79 Å². The van der Waals surface area contributed by atoms with E-state index in [1.807, 2.05) is 6.92 Å². The van der Waals surface area contributed by atoms with Crippen LogP contribution in [0.25, 0.3) is 0 Å². The average molecular weight is 185 g/mol. The van der Waals surface area contributed by atoms with Gasteiger partial charge in [0.25, 0.3) is 0 Å². The van der Waals surface area contributed by atoms with Crippen LogP contribution in [0.5, 0.6) is 0 Å². The van der Waals surface area contributed by atoms with Gasteiger partial charge in [0.2, 0.25) is 0 Å². The molecule has 0 saturated heterocycles. The minimum absolute atomic E-state index is 0.414. The van der Waals surface area contributed by atoms with Gasteiger partial charge in [-0.05, 0) is 19.8 Å². The maximum Gasteiger partial charge on any atom is 0.328 e. The molecule has 0 aliphatic heterocycles. The molecule has 0 aromatic carbocycles. The van der Waals surface area contributed by atoms with Gasteiger partial charge in [0.15, 0.2) is 0 Å². The molecule has 0 saturated carbocycles. The van der Waals surface area contributed by atoms with Gasteiger partial charge in [0, 0.05) is 18.7 Å². The molecule has 0 aromatic rings. The van der Waals surface area contributed by atoms with Gasteiger partial charge >= 0.3 is 5.97 Å². The zero-order chi connectivity index (χ0) is 10.4. The molecular formula is C10H19NO2. The van der Waals surface area contributed by atoms with Gasteiger partial charge < -0.3 is 10.4 Å². The van der Waals surface area contributed by atoms with Crippen molar-refractivity contribution >= 4 is 5.97 Å². The third-order valence-electron chi connectivity index (χ3n) is 2.07. The predicted molar refractivity (Wildman–Crippen MR) is 53.7 cm³/mol. The Morgan fingerprint density at radius 2 is 2.00 bits per heavy atom. The lowest BCUT2D eigenvalue weighted by atomic mass is 10.1. The van der Waals surface area contributed by atoms with Crippen LogP contribution in [0.4, 0.5) is 0 Å². The van der Waals surface area contributed by atoms with Crippen molar-refractivity contribution in [2.24, 2.45) is 5.92 Å². The van der Waals surface area contributed by atoms with Crippen LogP contribution in [0.15, 0.2) is 11.6 Å². The smallest absolute Gasteiger partial charge is 0.328 e. The van der Waals surface area contributed by atoms with E-state index in [1.54, 1.807) is 0 Å². The number of hydrogen-bond donors (Lipinski definition) is 2. The lowest BCUT2D eigenvalue weighted by Crippen LogP contribution is -2.32. The van der Waals surface area contributed by atoms with Crippen LogP contribution in [-0.4, -0.2) is 23.7 Å². The number of nitrogens with one attached hydrogen (secondary N) is 1. The number of hydrogen-bond acceptors (Lipinski definition) is 2. The molecule has 13 heavy (non-hydrogen) atoms. The zero-order valence-electron chi connectivity index (χ0n) is 8.79. The first kappa shape index (κ1) is 12.2. The number of rotatable bonds is 5. The molecule has 0 rings (SSSR count). The molecule has 3 heteroatoms. The molecular weight excluding hydrogens is 166 g/mol. The van der Waals surface area contributed by atoms with E-state index in [4.69, 9.17) is 5.11 Å². The second kappa shape index (κ2) is 5.75. The van der Waals surface area contributed by atoms with Crippen molar-refractivity contribution in [1.29, 1.82) is 0 Å². The average Bonchev–Trinajstić information content (AvgIpc) is 1.98. The number of carbonyl (C=O) groups is 1. The predicted octanol–water partition coefficient (Wildman–Crippen LogP) is 1.65. The number of carboxylic acid groups (broad SMARTS) is 1. The lowest BCUT2D eigenvalue weighted by Gasteiger charge is -2.17. The summed E-state index contributed by atoms with van der Waals surface area (Å²) in [6.45, 7) is 8.82. The van der Waals surface area contributed by atoms with E-state index in [-0.39, 0.29) is 0 Å². The monoisotopic (exact) mass is 185 g/mol. The fraction of sp³-hybridized carbons (Fsp3) is 0.700. The maximum absolute atomic E-state index is 10.3. The van der Waals surface area contributed by atoms with E-state index in [0.717, 1.165) is 5.57 Å². The molecule has 0 aliphatic rings. The summed E-state index contributed by atoms with van der Waals surface area (Å²) in [7, 11) is 0. The van der Waals surface area contributed by atoms with Crippen molar-refractivity contribution in [2.45, 2.75) is 33.7 Å². The van der Waals surface area contributed by atoms with Crippen molar-refractivity contribution < 1.29 is 9.90 Å². The van der Waals surface area contributed by atoms with Crippen LogP contribution < -0.4 is 5.32 Å². The van der Waals surface area contributed by atoms with Crippen LogP contribution in [0.2, 0.25) is 0 Å².